The molecule has 1 atom stereocenters. The molecule has 2 aromatic heterocycles. The van der Waals surface area contributed by atoms with Gasteiger partial charge < -0.3 is 10.6 Å². The number of nitrogens with one attached hydrogen (secondary N) is 2. The highest BCUT2D eigenvalue weighted by Crippen LogP contribution is 2.16. The summed E-state index contributed by atoms with van der Waals surface area (Å²) in [4.78, 5) is 16.6. The number of aromatic nitrogens is 1. The van der Waals surface area contributed by atoms with Crippen molar-refractivity contribution in [3.8, 4) is 0 Å². The Morgan fingerprint density at radius 2 is 2.29 bits per heavy atom. The van der Waals surface area contributed by atoms with Gasteiger partial charge in [0, 0.05) is 24.5 Å². The number of anilines is 1. The first-order valence-electron chi connectivity index (χ1n) is 7.12. The molecule has 2 rings (SSSR count). The third-order valence-electron chi connectivity index (χ3n) is 3.15. The molecule has 0 fully saturated rings. The zero-order valence-corrected chi connectivity index (χ0v) is 13.5. The number of aryl methyl sites for hydroxylation is 1. The Bertz CT molecular complexity index is 596. The van der Waals surface area contributed by atoms with E-state index in [-0.39, 0.29) is 11.9 Å². The zero-order valence-electron chi connectivity index (χ0n) is 12.6. The first kappa shape index (κ1) is 15.5. The number of pyridine rings is 1. The van der Waals surface area contributed by atoms with Crippen LogP contribution in [0.5, 0.6) is 0 Å². The average molecular weight is 303 g/mol. The minimum absolute atomic E-state index is 0.0822. The zero-order chi connectivity index (χ0) is 15.2. The molecule has 1 unspecified atom stereocenters. The van der Waals surface area contributed by atoms with Gasteiger partial charge in [-0.1, -0.05) is 0 Å². The van der Waals surface area contributed by atoms with E-state index >= 15 is 0 Å². The van der Waals surface area contributed by atoms with Crippen molar-refractivity contribution in [3.63, 3.8) is 0 Å². The van der Waals surface area contributed by atoms with Crippen LogP contribution in [0.1, 0.15) is 35.5 Å². The van der Waals surface area contributed by atoms with Crippen LogP contribution in [0, 0.1) is 6.92 Å². The molecule has 0 radical (unpaired) electrons. The predicted octanol–water partition coefficient (Wildman–Crippen LogP) is 3.24. The van der Waals surface area contributed by atoms with E-state index in [9.17, 15) is 4.79 Å². The highest BCUT2D eigenvalue weighted by molar-refractivity contribution is 7.07. The van der Waals surface area contributed by atoms with Gasteiger partial charge in [0.1, 0.15) is 0 Å². The summed E-state index contributed by atoms with van der Waals surface area (Å²) < 4.78 is 0. The molecule has 2 N–H and O–H groups in total. The third kappa shape index (κ3) is 4.29. The number of nitrogens with zero attached hydrogens (tertiary/aromatic N) is 1. The highest BCUT2D eigenvalue weighted by atomic mass is 32.1. The summed E-state index contributed by atoms with van der Waals surface area (Å²) in [5, 5.41) is 10.4. The molecule has 21 heavy (non-hydrogen) atoms. The van der Waals surface area contributed by atoms with Gasteiger partial charge in [-0.05, 0) is 55.6 Å². The molecular formula is C16H21N3OS. The van der Waals surface area contributed by atoms with Crippen LogP contribution in [0.3, 0.4) is 0 Å². The Labute approximate surface area is 129 Å². The van der Waals surface area contributed by atoms with Crippen LogP contribution in [0.15, 0.2) is 29.1 Å². The second-order valence-electron chi connectivity index (χ2n) is 5.11. The lowest BCUT2D eigenvalue weighted by atomic mass is 10.1. The molecule has 0 aliphatic rings. The lowest BCUT2D eigenvalue weighted by Gasteiger charge is -2.16. The fourth-order valence-corrected chi connectivity index (χ4v) is 2.87. The third-order valence-corrected chi connectivity index (χ3v) is 3.88. The molecule has 0 aliphatic carbocycles. The van der Waals surface area contributed by atoms with E-state index < -0.39 is 0 Å². The van der Waals surface area contributed by atoms with Gasteiger partial charge in [0.05, 0.1) is 11.3 Å². The first-order chi connectivity index (χ1) is 10.1. The van der Waals surface area contributed by atoms with Crippen LogP contribution in [0.2, 0.25) is 0 Å². The van der Waals surface area contributed by atoms with Gasteiger partial charge in [-0.25, -0.2) is 0 Å². The molecule has 5 heteroatoms. The molecule has 0 aromatic carbocycles. The van der Waals surface area contributed by atoms with E-state index in [1.807, 2.05) is 26.8 Å². The lowest BCUT2D eigenvalue weighted by Crippen LogP contribution is -2.34. The van der Waals surface area contributed by atoms with Gasteiger partial charge in [0.15, 0.2) is 0 Å². The standard InChI is InChI=1S/C16H21N3OS/c1-4-17-15-8-11(2)18-9-14(15)16(20)19-12(3)7-13-5-6-21-10-13/h5-6,8-10,12H,4,7H2,1-3H3,(H,17,18)(H,19,20). The largest absolute Gasteiger partial charge is 0.385 e. The van der Waals surface area contributed by atoms with E-state index in [4.69, 9.17) is 0 Å². The molecule has 0 bridgehead atoms. The van der Waals surface area contributed by atoms with Gasteiger partial charge in [0.2, 0.25) is 0 Å². The minimum Gasteiger partial charge on any atom is -0.385 e. The van der Waals surface area contributed by atoms with Crippen molar-refractivity contribution in [3.05, 3.63) is 45.9 Å². The maximum Gasteiger partial charge on any atom is 0.255 e. The summed E-state index contributed by atoms with van der Waals surface area (Å²) in [6, 6.07) is 4.08. The second-order valence-corrected chi connectivity index (χ2v) is 5.89. The lowest BCUT2D eigenvalue weighted by molar-refractivity contribution is 0.0940. The summed E-state index contributed by atoms with van der Waals surface area (Å²) >= 11 is 1.67. The number of hydrogen-bond donors (Lipinski definition) is 2. The Hall–Kier alpha value is -1.88. The van der Waals surface area contributed by atoms with Crippen molar-refractivity contribution in [1.29, 1.82) is 0 Å². The van der Waals surface area contributed by atoms with Gasteiger partial charge in [-0.3, -0.25) is 9.78 Å². The SMILES string of the molecule is CCNc1cc(C)ncc1C(=O)NC(C)Cc1ccsc1. The van der Waals surface area contributed by atoms with Crippen LogP contribution >= 0.6 is 11.3 Å². The second kappa shape index (κ2) is 7.22. The van der Waals surface area contributed by atoms with E-state index in [1.54, 1.807) is 17.5 Å². The van der Waals surface area contributed by atoms with Crippen molar-refractivity contribution < 1.29 is 4.79 Å². The van der Waals surface area contributed by atoms with Crippen LogP contribution in [0.4, 0.5) is 5.69 Å². The monoisotopic (exact) mass is 303 g/mol. The maximum absolute atomic E-state index is 12.4. The average Bonchev–Trinajstić information content (AvgIpc) is 2.91. The first-order valence-corrected chi connectivity index (χ1v) is 8.07. The molecule has 112 valence electrons. The molecule has 4 nitrogen and oxygen atoms in total. The topological polar surface area (TPSA) is 54.0 Å². The predicted molar refractivity (Wildman–Crippen MR) is 88.1 cm³/mol. The number of carbonyl (C=O) groups excluding carboxylic acids is 1. The van der Waals surface area contributed by atoms with Crippen molar-refractivity contribution in [2.24, 2.45) is 0 Å². The van der Waals surface area contributed by atoms with Crippen LogP contribution in [-0.2, 0) is 6.42 Å². The summed E-state index contributed by atoms with van der Waals surface area (Å²) in [6.07, 6.45) is 2.48. The Balaban J connectivity index is 2.05. The van der Waals surface area contributed by atoms with Crippen LogP contribution in [0.25, 0.3) is 0 Å². The summed E-state index contributed by atoms with van der Waals surface area (Å²) in [7, 11) is 0. The van der Waals surface area contributed by atoms with Crippen molar-refractivity contribution >= 4 is 22.9 Å². The molecule has 0 aliphatic heterocycles. The Morgan fingerprint density at radius 3 is 2.95 bits per heavy atom. The molecule has 2 aromatic rings. The van der Waals surface area contributed by atoms with Gasteiger partial charge in [0.25, 0.3) is 5.91 Å². The van der Waals surface area contributed by atoms with E-state index in [1.165, 1.54) is 5.56 Å². The molecule has 1 amide bonds. The van der Waals surface area contributed by atoms with Crippen LogP contribution in [-0.4, -0.2) is 23.5 Å². The molecule has 0 spiro atoms. The number of rotatable bonds is 6. The number of thiophene rings is 1. The van der Waals surface area contributed by atoms with E-state index in [2.05, 4.69) is 32.4 Å². The molecule has 0 saturated carbocycles. The Morgan fingerprint density at radius 1 is 1.48 bits per heavy atom. The summed E-state index contributed by atoms with van der Waals surface area (Å²) in [5.41, 5.74) is 3.58. The summed E-state index contributed by atoms with van der Waals surface area (Å²) in [6.45, 7) is 6.72. The van der Waals surface area contributed by atoms with Gasteiger partial charge in [-0.2, -0.15) is 11.3 Å². The summed E-state index contributed by atoms with van der Waals surface area (Å²) in [5.74, 6) is -0.0822. The minimum atomic E-state index is -0.0822. The van der Waals surface area contributed by atoms with Gasteiger partial charge in [-0.15, -0.1) is 0 Å². The fourth-order valence-electron chi connectivity index (χ4n) is 2.19. The van der Waals surface area contributed by atoms with Gasteiger partial charge >= 0.3 is 0 Å². The highest BCUT2D eigenvalue weighted by Gasteiger charge is 2.15. The normalized spacial score (nSPS) is 12.0. The smallest absolute Gasteiger partial charge is 0.255 e. The Kier molecular flexibility index (Phi) is 5.33. The fraction of sp³-hybridized carbons (Fsp3) is 0.375. The maximum atomic E-state index is 12.4. The molecule has 0 saturated heterocycles. The quantitative estimate of drug-likeness (QED) is 0.861. The molecule has 2 heterocycles. The van der Waals surface area contributed by atoms with Crippen molar-refractivity contribution in [1.82, 2.24) is 10.3 Å². The van der Waals surface area contributed by atoms with E-state index in [0.29, 0.717) is 5.56 Å². The molecular weight excluding hydrogens is 282 g/mol. The number of hydrogen-bond acceptors (Lipinski definition) is 4. The number of amides is 1. The van der Waals surface area contributed by atoms with Crippen LogP contribution < -0.4 is 10.6 Å². The van der Waals surface area contributed by atoms with Crippen molar-refractivity contribution in [2.75, 3.05) is 11.9 Å². The van der Waals surface area contributed by atoms with Crippen molar-refractivity contribution in [2.45, 2.75) is 33.2 Å². The van der Waals surface area contributed by atoms with E-state index in [0.717, 1.165) is 24.3 Å². The number of carbonyl (C=O) groups is 1.